The molecule has 0 saturated carbocycles. The smallest absolute Gasteiger partial charge is 0.410 e. The van der Waals surface area contributed by atoms with Crippen molar-refractivity contribution in [1.82, 2.24) is 4.90 Å². The third-order valence-corrected chi connectivity index (χ3v) is 3.81. The number of carboxylic acids is 1. The van der Waals surface area contributed by atoms with E-state index in [2.05, 4.69) is 0 Å². The largest absolute Gasteiger partial charge is 0.481 e. The maximum Gasteiger partial charge on any atom is 0.410 e. The summed E-state index contributed by atoms with van der Waals surface area (Å²) < 4.78 is 5.34. The predicted molar refractivity (Wildman–Crippen MR) is 82.7 cm³/mol. The average molecular weight is 305 g/mol. The Morgan fingerprint density at radius 2 is 1.86 bits per heavy atom. The number of benzene rings is 1. The summed E-state index contributed by atoms with van der Waals surface area (Å²) in [5.41, 5.74) is 0.435. The fraction of sp³-hybridized carbons (Fsp3) is 0.529. The zero-order chi connectivity index (χ0) is 16.3. The number of aliphatic carboxylic acids is 1. The standard InChI is InChI=1S/C17H23NO4/c1-17(2,3)22-16(21)18-10-9-13(14(11-18)15(19)20)12-7-5-4-6-8-12/h4-8,13-14H,9-11H2,1-3H3,(H,19,20)/t13-,14-/m1/s1. The number of likely N-dealkylation sites (tertiary alicyclic amines) is 1. The van der Waals surface area contributed by atoms with E-state index in [-0.39, 0.29) is 12.5 Å². The van der Waals surface area contributed by atoms with Gasteiger partial charge < -0.3 is 14.7 Å². The van der Waals surface area contributed by atoms with E-state index >= 15 is 0 Å². The maximum atomic E-state index is 12.1. The molecule has 0 aliphatic carbocycles. The van der Waals surface area contributed by atoms with Crippen molar-refractivity contribution in [2.45, 2.75) is 38.7 Å². The van der Waals surface area contributed by atoms with Crippen molar-refractivity contribution < 1.29 is 19.4 Å². The second kappa shape index (κ2) is 6.38. The molecule has 1 aliphatic rings. The number of carboxylic acid groups (broad SMARTS) is 1. The summed E-state index contributed by atoms with van der Waals surface area (Å²) in [6.07, 6.45) is 0.186. The van der Waals surface area contributed by atoms with Crippen LogP contribution in [0.15, 0.2) is 30.3 Å². The molecule has 5 heteroatoms. The second-order valence-corrected chi connectivity index (χ2v) is 6.68. The van der Waals surface area contributed by atoms with Crippen LogP contribution in [0.3, 0.4) is 0 Å². The van der Waals surface area contributed by atoms with Gasteiger partial charge in [-0.3, -0.25) is 4.79 Å². The molecule has 1 aromatic carbocycles. The number of piperidine rings is 1. The third kappa shape index (κ3) is 4.00. The quantitative estimate of drug-likeness (QED) is 0.911. The van der Waals surface area contributed by atoms with Crippen LogP contribution in [0.25, 0.3) is 0 Å². The first-order chi connectivity index (χ1) is 10.3. The van der Waals surface area contributed by atoms with E-state index in [1.165, 1.54) is 4.90 Å². The fourth-order valence-electron chi connectivity index (χ4n) is 2.79. The normalized spacial score (nSPS) is 22.2. The first kappa shape index (κ1) is 16.3. The molecule has 1 N–H and O–H groups in total. The predicted octanol–water partition coefficient (Wildman–Crippen LogP) is 3.11. The minimum atomic E-state index is -0.873. The molecule has 1 heterocycles. The minimum Gasteiger partial charge on any atom is -0.481 e. The van der Waals surface area contributed by atoms with Gasteiger partial charge in [0.1, 0.15) is 5.60 Å². The molecule has 0 radical (unpaired) electrons. The molecule has 22 heavy (non-hydrogen) atoms. The summed E-state index contributed by atoms with van der Waals surface area (Å²) in [7, 11) is 0. The van der Waals surface area contributed by atoms with E-state index in [1.807, 2.05) is 30.3 Å². The molecular formula is C17H23NO4. The van der Waals surface area contributed by atoms with Gasteiger partial charge in [0.15, 0.2) is 0 Å². The molecule has 120 valence electrons. The Kier molecular flexibility index (Phi) is 4.74. The van der Waals surface area contributed by atoms with Gasteiger partial charge in [0.05, 0.1) is 5.92 Å². The number of carbonyl (C=O) groups excluding carboxylic acids is 1. The zero-order valence-electron chi connectivity index (χ0n) is 13.3. The van der Waals surface area contributed by atoms with Crippen LogP contribution in [0.1, 0.15) is 38.7 Å². The Hall–Kier alpha value is -2.04. The number of hydrogen-bond acceptors (Lipinski definition) is 3. The van der Waals surface area contributed by atoms with Crippen LogP contribution in [0.4, 0.5) is 4.79 Å². The summed E-state index contributed by atoms with van der Waals surface area (Å²) in [6, 6.07) is 9.63. The van der Waals surface area contributed by atoms with Crippen LogP contribution in [-0.4, -0.2) is 40.8 Å². The molecule has 1 aliphatic heterocycles. The Labute approximate surface area is 130 Å². The average Bonchev–Trinajstić information content (AvgIpc) is 2.45. The SMILES string of the molecule is CC(C)(C)OC(=O)N1CC[C@H](c2ccccc2)[C@H](C(=O)O)C1. The highest BCUT2D eigenvalue weighted by Gasteiger charge is 2.38. The van der Waals surface area contributed by atoms with Gasteiger partial charge in [0.2, 0.25) is 0 Å². The number of nitrogens with zero attached hydrogens (tertiary/aromatic N) is 1. The lowest BCUT2D eigenvalue weighted by molar-refractivity contribution is -0.144. The van der Waals surface area contributed by atoms with Gasteiger partial charge in [-0.15, -0.1) is 0 Å². The molecule has 2 atom stereocenters. The Morgan fingerprint density at radius 1 is 1.23 bits per heavy atom. The summed E-state index contributed by atoms with van der Waals surface area (Å²) in [5, 5.41) is 9.52. The molecule has 2 rings (SSSR count). The van der Waals surface area contributed by atoms with Gasteiger partial charge in [0.25, 0.3) is 0 Å². The lowest BCUT2D eigenvalue weighted by atomic mass is 9.80. The molecule has 1 fully saturated rings. The highest BCUT2D eigenvalue weighted by Crippen LogP contribution is 2.33. The summed E-state index contributed by atoms with van der Waals surface area (Å²) in [5.74, 6) is -1.55. The first-order valence-electron chi connectivity index (χ1n) is 7.53. The number of ether oxygens (including phenoxy) is 1. The van der Waals surface area contributed by atoms with Crippen molar-refractivity contribution in [3.63, 3.8) is 0 Å². The lowest BCUT2D eigenvalue weighted by Crippen LogP contribution is -2.47. The Bertz CT molecular complexity index is 535. The lowest BCUT2D eigenvalue weighted by Gasteiger charge is -2.37. The van der Waals surface area contributed by atoms with E-state index < -0.39 is 23.6 Å². The molecule has 1 aromatic rings. The van der Waals surface area contributed by atoms with E-state index in [4.69, 9.17) is 4.74 Å². The van der Waals surface area contributed by atoms with Crippen molar-refractivity contribution in [3.05, 3.63) is 35.9 Å². The van der Waals surface area contributed by atoms with Crippen LogP contribution in [0.5, 0.6) is 0 Å². The van der Waals surface area contributed by atoms with Crippen molar-refractivity contribution in [2.75, 3.05) is 13.1 Å². The summed E-state index contributed by atoms with van der Waals surface area (Å²) >= 11 is 0. The number of hydrogen-bond donors (Lipinski definition) is 1. The first-order valence-corrected chi connectivity index (χ1v) is 7.53. The highest BCUT2D eigenvalue weighted by molar-refractivity contribution is 5.74. The Balaban J connectivity index is 2.12. The van der Waals surface area contributed by atoms with E-state index in [9.17, 15) is 14.7 Å². The number of amides is 1. The van der Waals surface area contributed by atoms with Gasteiger partial charge in [-0.2, -0.15) is 0 Å². The van der Waals surface area contributed by atoms with Crippen LogP contribution >= 0.6 is 0 Å². The maximum absolute atomic E-state index is 12.1. The molecule has 5 nitrogen and oxygen atoms in total. The van der Waals surface area contributed by atoms with Crippen LogP contribution in [0.2, 0.25) is 0 Å². The fourth-order valence-corrected chi connectivity index (χ4v) is 2.79. The molecule has 1 amide bonds. The van der Waals surface area contributed by atoms with E-state index in [0.717, 1.165) is 5.56 Å². The van der Waals surface area contributed by atoms with Gasteiger partial charge in [0, 0.05) is 19.0 Å². The van der Waals surface area contributed by atoms with Crippen molar-refractivity contribution in [3.8, 4) is 0 Å². The summed E-state index contributed by atoms with van der Waals surface area (Å²) in [6.45, 7) is 6.10. The van der Waals surface area contributed by atoms with Gasteiger partial charge in [-0.25, -0.2) is 4.79 Å². The van der Waals surface area contributed by atoms with Crippen molar-refractivity contribution in [1.29, 1.82) is 0 Å². The second-order valence-electron chi connectivity index (χ2n) is 6.68. The molecule has 0 spiro atoms. The molecule has 0 bridgehead atoms. The monoisotopic (exact) mass is 305 g/mol. The molecular weight excluding hydrogens is 282 g/mol. The van der Waals surface area contributed by atoms with E-state index in [0.29, 0.717) is 13.0 Å². The zero-order valence-corrected chi connectivity index (χ0v) is 13.3. The number of carbonyl (C=O) groups is 2. The van der Waals surface area contributed by atoms with Gasteiger partial charge >= 0.3 is 12.1 Å². The highest BCUT2D eigenvalue weighted by atomic mass is 16.6. The minimum absolute atomic E-state index is 0.0719. The van der Waals surface area contributed by atoms with Crippen molar-refractivity contribution in [2.24, 2.45) is 5.92 Å². The van der Waals surface area contributed by atoms with Crippen LogP contribution in [0, 0.1) is 5.92 Å². The summed E-state index contributed by atoms with van der Waals surface area (Å²) in [4.78, 5) is 25.3. The topological polar surface area (TPSA) is 66.8 Å². The van der Waals surface area contributed by atoms with Gasteiger partial charge in [-0.1, -0.05) is 30.3 Å². The van der Waals surface area contributed by atoms with Crippen molar-refractivity contribution >= 4 is 12.1 Å². The number of rotatable bonds is 2. The van der Waals surface area contributed by atoms with Gasteiger partial charge in [-0.05, 0) is 32.8 Å². The Morgan fingerprint density at radius 3 is 2.41 bits per heavy atom. The van der Waals surface area contributed by atoms with Crippen LogP contribution in [-0.2, 0) is 9.53 Å². The van der Waals surface area contributed by atoms with E-state index in [1.54, 1.807) is 20.8 Å². The molecule has 0 aromatic heterocycles. The molecule has 1 saturated heterocycles. The molecule has 0 unspecified atom stereocenters. The van der Waals surface area contributed by atoms with Crippen LogP contribution < -0.4 is 0 Å². The third-order valence-electron chi connectivity index (χ3n) is 3.81.